The van der Waals surface area contributed by atoms with Crippen LogP contribution in [0.1, 0.15) is 13.3 Å². The molecule has 132 valence electrons. The van der Waals surface area contributed by atoms with Crippen molar-refractivity contribution in [3.63, 3.8) is 0 Å². The van der Waals surface area contributed by atoms with Crippen LogP contribution in [0.4, 0.5) is 5.69 Å². The van der Waals surface area contributed by atoms with Gasteiger partial charge in [-0.3, -0.25) is 9.59 Å². The summed E-state index contributed by atoms with van der Waals surface area (Å²) in [5.74, 6) is 0.196. The van der Waals surface area contributed by atoms with Crippen molar-refractivity contribution in [1.82, 2.24) is 14.5 Å². The number of nitrogens with zero attached hydrogens (tertiary/aromatic N) is 3. The Morgan fingerprint density at radius 1 is 1.40 bits per heavy atom. The number of nitrogens with one attached hydrogen (secondary N) is 1. The van der Waals surface area contributed by atoms with E-state index in [-0.39, 0.29) is 24.2 Å². The Kier molecular flexibility index (Phi) is 5.33. The van der Waals surface area contributed by atoms with Gasteiger partial charge in [0.2, 0.25) is 11.8 Å². The number of carbonyl (C=O) groups excluding carboxylic acids is 2. The van der Waals surface area contributed by atoms with Gasteiger partial charge in [-0.05, 0) is 19.1 Å². The number of likely N-dealkylation sites (tertiary alicyclic amines) is 1. The average molecular weight is 342 g/mol. The van der Waals surface area contributed by atoms with Gasteiger partial charge in [0, 0.05) is 31.9 Å². The van der Waals surface area contributed by atoms with Crippen molar-refractivity contribution < 1.29 is 14.3 Å². The first-order valence-electron chi connectivity index (χ1n) is 8.43. The SMILES string of the molecule is CCN1CC(C(=O)Nc2ccccc2OCCn2ccnc2)CC1=O. The second-order valence-electron chi connectivity index (χ2n) is 5.97. The van der Waals surface area contributed by atoms with E-state index in [1.54, 1.807) is 23.5 Å². The number of hydrogen-bond donors (Lipinski definition) is 1. The summed E-state index contributed by atoms with van der Waals surface area (Å²) in [7, 11) is 0. The van der Waals surface area contributed by atoms with Crippen LogP contribution in [-0.4, -0.2) is 46.0 Å². The number of aromatic nitrogens is 2. The summed E-state index contributed by atoms with van der Waals surface area (Å²) in [6, 6.07) is 7.33. The Balaban J connectivity index is 1.58. The molecule has 1 aliphatic heterocycles. The fraction of sp³-hybridized carbons (Fsp3) is 0.389. The molecule has 0 bridgehead atoms. The fourth-order valence-electron chi connectivity index (χ4n) is 2.86. The Bertz CT molecular complexity index is 730. The summed E-state index contributed by atoms with van der Waals surface area (Å²) in [4.78, 5) is 30.0. The van der Waals surface area contributed by atoms with Gasteiger partial charge in [0.1, 0.15) is 12.4 Å². The third-order valence-electron chi connectivity index (χ3n) is 4.28. The molecule has 1 unspecified atom stereocenters. The maximum Gasteiger partial charge on any atom is 0.229 e. The third kappa shape index (κ3) is 4.17. The van der Waals surface area contributed by atoms with E-state index in [1.165, 1.54) is 0 Å². The van der Waals surface area contributed by atoms with Gasteiger partial charge in [-0.15, -0.1) is 0 Å². The molecule has 1 atom stereocenters. The quantitative estimate of drug-likeness (QED) is 0.832. The molecule has 1 N–H and O–H groups in total. The monoisotopic (exact) mass is 342 g/mol. The Morgan fingerprint density at radius 3 is 2.96 bits per heavy atom. The topological polar surface area (TPSA) is 76.5 Å². The van der Waals surface area contributed by atoms with Gasteiger partial charge < -0.3 is 19.5 Å². The first kappa shape index (κ1) is 17.0. The molecule has 7 nitrogen and oxygen atoms in total. The van der Waals surface area contributed by atoms with E-state index < -0.39 is 0 Å². The number of benzene rings is 1. The van der Waals surface area contributed by atoms with Crippen LogP contribution in [0.5, 0.6) is 5.75 Å². The average Bonchev–Trinajstić information content (AvgIpc) is 3.25. The first-order valence-corrected chi connectivity index (χ1v) is 8.43. The summed E-state index contributed by atoms with van der Waals surface area (Å²) in [6.07, 6.45) is 5.58. The van der Waals surface area contributed by atoms with E-state index in [0.29, 0.717) is 37.7 Å². The highest BCUT2D eigenvalue weighted by molar-refractivity contribution is 5.98. The minimum absolute atomic E-state index is 0.0347. The molecular formula is C18H22N4O3. The molecule has 0 spiro atoms. The van der Waals surface area contributed by atoms with Crippen LogP contribution >= 0.6 is 0 Å². The van der Waals surface area contributed by atoms with Crippen LogP contribution in [0.15, 0.2) is 43.0 Å². The molecule has 7 heteroatoms. The van der Waals surface area contributed by atoms with E-state index in [9.17, 15) is 9.59 Å². The van der Waals surface area contributed by atoms with Gasteiger partial charge in [-0.2, -0.15) is 0 Å². The number of carbonyl (C=O) groups is 2. The maximum absolute atomic E-state index is 12.5. The number of anilines is 1. The molecule has 2 heterocycles. The summed E-state index contributed by atoms with van der Waals surface area (Å²) < 4.78 is 7.72. The highest BCUT2D eigenvalue weighted by Gasteiger charge is 2.33. The molecule has 0 radical (unpaired) electrons. The number of para-hydroxylation sites is 2. The molecule has 3 rings (SSSR count). The second kappa shape index (κ2) is 7.83. The van der Waals surface area contributed by atoms with E-state index in [2.05, 4.69) is 10.3 Å². The number of rotatable bonds is 7. The normalized spacial score (nSPS) is 16.9. The molecule has 2 amide bonds. The number of ether oxygens (including phenoxy) is 1. The third-order valence-corrected chi connectivity index (χ3v) is 4.28. The van der Waals surface area contributed by atoms with Gasteiger partial charge >= 0.3 is 0 Å². The van der Waals surface area contributed by atoms with Gasteiger partial charge in [0.25, 0.3) is 0 Å². The van der Waals surface area contributed by atoms with Crippen LogP contribution in [-0.2, 0) is 16.1 Å². The zero-order valence-electron chi connectivity index (χ0n) is 14.2. The summed E-state index contributed by atoms with van der Waals surface area (Å²) in [6.45, 7) is 4.17. The van der Waals surface area contributed by atoms with Crippen LogP contribution < -0.4 is 10.1 Å². The van der Waals surface area contributed by atoms with Gasteiger partial charge in [0.15, 0.2) is 0 Å². The smallest absolute Gasteiger partial charge is 0.229 e. The Labute approximate surface area is 146 Å². The van der Waals surface area contributed by atoms with Crippen LogP contribution in [0.3, 0.4) is 0 Å². The van der Waals surface area contributed by atoms with E-state index in [1.807, 2.05) is 35.9 Å². The fourth-order valence-corrected chi connectivity index (χ4v) is 2.86. The van der Waals surface area contributed by atoms with E-state index in [0.717, 1.165) is 0 Å². The van der Waals surface area contributed by atoms with Gasteiger partial charge in [0.05, 0.1) is 24.5 Å². The molecule has 1 fully saturated rings. The summed E-state index contributed by atoms with van der Waals surface area (Å²) >= 11 is 0. The molecule has 0 saturated carbocycles. The van der Waals surface area contributed by atoms with Crippen molar-refractivity contribution in [2.45, 2.75) is 19.9 Å². The summed E-state index contributed by atoms with van der Waals surface area (Å²) in [5, 5.41) is 2.90. The molecule has 1 aromatic carbocycles. The Hall–Kier alpha value is -2.83. The van der Waals surface area contributed by atoms with Crippen molar-refractivity contribution in [3.8, 4) is 5.75 Å². The van der Waals surface area contributed by atoms with Crippen molar-refractivity contribution in [2.24, 2.45) is 5.92 Å². The molecular weight excluding hydrogens is 320 g/mol. The van der Waals surface area contributed by atoms with Crippen molar-refractivity contribution >= 4 is 17.5 Å². The van der Waals surface area contributed by atoms with Crippen LogP contribution in [0, 0.1) is 5.92 Å². The van der Waals surface area contributed by atoms with Crippen molar-refractivity contribution in [1.29, 1.82) is 0 Å². The molecule has 1 aromatic heterocycles. The lowest BCUT2D eigenvalue weighted by Crippen LogP contribution is -2.28. The molecule has 0 aliphatic carbocycles. The predicted octanol–water partition coefficient (Wildman–Crippen LogP) is 1.77. The van der Waals surface area contributed by atoms with Crippen LogP contribution in [0.25, 0.3) is 0 Å². The lowest BCUT2D eigenvalue weighted by molar-refractivity contribution is -0.128. The lowest BCUT2D eigenvalue weighted by atomic mass is 10.1. The standard InChI is InChI=1S/C18H22N4O3/c1-2-22-12-14(11-17(22)23)18(24)20-15-5-3-4-6-16(15)25-10-9-21-8-7-19-13-21/h3-8,13-14H,2,9-12H2,1H3,(H,20,24). The number of imidazole rings is 1. The lowest BCUT2D eigenvalue weighted by Gasteiger charge is -2.16. The largest absolute Gasteiger partial charge is 0.490 e. The predicted molar refractivity (Wildman–Crippen MR) is 93.2 cm³/mol. The Morgan fingerprint density at radius 2 is 2.24 bits per heavy atom. The molecule has 1 saturated heterocycles. The van der Waals surface area contributed by atoms with Gasteiger partial charge in [-0.1, -0.05) is 12.1 Å². The number of amides is 2. The van der Waals surface area contributed by atoms with Crippen molar-refractivity contribution in [3.05, 3.63) is 43.0 Å². The van der Waals surface area contributed by atoms with E-state index in [4.69, 9.17) is 4.74 Å². The van der Waals surface area contributed by atoms with Crippen LogP contribution in [0.2, 0.25) is 0 Å². The van der Waals surface area contributed by atoms with E-state index >= 15 is 0 Å². The zero-order chi connectivity index (χ0) is 17.6. The summed E-state index contributed by atoms with van der Waals surface area (Å²) in [5.41, 5.74) is 0.625. The second-order valence-corrected chi connectivity index (χ2v) is 5.97. The number of hydrogen-bond acceptors (Lipinski definition) is 4. The molecule has 1 aliphatic rings. The zero-order valence-corrected chi connectivity index (χ0v) is 14.2. The highest BCUT2D eigenvalue weighted by Crippen LogP contribution is 2.26. The molecule has 2 aromatic rings. The highest BCUT2D eigenvalue weighted by atomic mass is 16.5. The minimum atomic E-state index is -0.313. The maximum atomic E-state index is 12.5. The van der Waals surface area contributed by atoms with Crippen molar-refractivity contribution in [2.75, 3.05) is 25.0 Å². The minimum Gasteiger partial charge on any atom is -0.490 e. The van der Waals surface area contributed by atoms with Gasteiger partial charge in [-0.25, -0.2) is 4.98 Å². The molecule has 25 heavy (non-hydrogen) atoms. The first-order chi connectivity index (χ1) is 12.2.